The van der Waals surface area contributed by atoms with Crippen LogP contribution in [0.2, 0.25) is 0 Å². The van der Waals surface area contributed by atoms with E-state index >= 15 is 0 Å². The molecule has 0 radical (unpaired) electrons. The maximum Gasteiger partial charge on any atom is 0.308 e. The van der Waals surface area contributed by atoms with Crippen molar-refractivity contribution < 1.29 is 9.53 Å². The summed E-state index contributed by atoms with van der Waals surface area (Å²) in [5.74, 6) is 0.0475. The molecule has 0 aromatic rings. The third-order valence-corrected chi connectivity index (χ3v) is 9.63. The Morgan fingerprint density at radius 3 is 1.27 bits per heavy atom. The molecule has 0 rings (SSSR count). The molecule has 0 bridgehead atoms. The van der Waals surface area contributed by atoms with Gasteiger partial charge in [-0.3, -0.25) is 4.79 Å². The number of hydrogen-bond acceptors (Lipinski definition) is 3. The van der Waals surface area contributed by atoms with Crippen LogP contribution < -0.4 is 0 Å². The molecule has 0 aromatic heterocycles. The van der Waals surface area contributed by atoms with E-state index in [0.29, 0.717) is 0 Å². The lowest BCUT2D eigenvalue weighted by molar-refractivity contribution is -0.154. The van der Waals surface area contributed by atoms with Crippen molar-refractivity contribution in [3.8, 4) is 0 Å². The third-order valence-electron chi connectivity index (χ3n) is 9.63. The minimum atomic E-state index is 0.0106. The molecule has 1 unspecified atom stereocenters. The standard InChI is InChI=1S/C46H85NO2/c1-6-8-10-12-14-16-18-20-22-24-26-28-30-32-34-36-41-45(49-46(48)44(3)40-38-39-43-47(4)5)42-37-35-33-31-29-27-25-23-21-19-17-15-13-11-9-7-2/h14-17,20-23,44-45H,6-13,18-19,24-43H2,1-5H3. The van der Waals surface area contributed by atoms with Crippen LogP contribution in [0.3, 0.4) is 0 Å². The molecule has 0 aliphatic rings. The number of nitrogens with zero attached hydrogens (tertiary/aromatic N) is 1. The van der Waals surface area contributed by atoms with Gasteiger partial charge in [0.05, 0.1) is 5.92 Å². The Morgan fingerprint density at radius 2 is 0.857 bits per heavy atom. The first-order valence-electron chi connectivity index (χ1n) is 21.5. The van der Waals surface area contributed by atoms with Crippen molar-refractivity contribution in [2.24, 2.45) is 5.92 Å². The van der Waals surface area contributed by atoms with Crippen LogP contribution >= 0.6 is 0 Å². The fourth-order valence-corrected chi connectivity index (χ4v) is 6.26. The number of unbranched alkanes of at least 4 members (excludes halogenated alkanes) is 19. The summed E-state index contributed by atoms with van der Waals surface area (Å²) >= 11 is 0. The number of hydrogen-bond donors (Lipinski definition) is 0. The van der Waals surface area contributed by atoms with Crippen LogP contribution in [-0.2, 0) is 9.53 Å². The molecule has 3 nitrogen and oxygen atoms in total. The van der Waals surface area contributed by atoms with Crippen LogP contribution in [0, 0.1) is 5.92 Å². The van der Waals surface area contributed by atoms with Gasteiger partial charge in [-0.1, -0.05) is 153 Å². The zero-order chi connectivity index (χ0) is 35.9. The lowest BCUT2D eigenvalue weighted by Gasteiger charge is -2.21. The first-order chi connectivity index (χ1) is 24.0. The van der Waals surface area contributed by atoms with Crippen LogP contribution in [-0.4, -0.2) is 37.6 Å². The molecule has 0 saturated heterocycles. The van der Waals surface area contributed by atoms with Gasteiger partial charge in [-0.15, -0.1) is 0 Å². The zero-order valence-electron chi connectivity index (χ0n) is 33.8. The molecule has 0 spiro atoms. The van der Waals surface area contributed by atoms with Gasteiger partial charge in [0.1, 0.15) is 6.10 Å². The van der Waals surface area contributed by atoms with E-state index in [4.69, 9.17) is 4.74 Å². The Bertz CT molecular complexity index is 747. The minimum absolute atomic E-state index is 0.0106. The predicted octanol–water partition coefficient (Wildman–Crippen LogP) is 14.7. The second-order valence-corrected chi connectivity index (χ2v) is 15.0. The van der Waals surface area contributed by atoms with Gasteiger partial charge in [-0.25, -0.2) is 0 Å². The van der Waals surface area contributed by atoms with E-state index in [0.717, 1.165) is 51.5 Å². The van der Waals surface area contributed by atoms with Crippen LogP contribution in [0.15, 0.2) is 48.6 Å². The van der Waals surface area contributed by atoms with Gasteiger partial charge in [-0.05, 0) is 123 Å². The first-order valence-corrected chi connectivity index (χ1v) is 21.5. The number of rotatable bonds is 37. The average Bonchev–Trinajstić information content (AvgIpc) is 3.09. The molecule has 0 saturated carbocycles. The molecule has 0 fully saturated rings. The van der Waals surface area contributed by atoms with Crippen molar-refractivity contribution >= 4 is 5.97 Å². The Labute approximate surface area is 307 Å². The summed E-state index contributed by atoms with van der Waals surface area (Å²) in [6, 6.07) is 0. The van der Waals surface area contributed by atoms with Crippen molar-refractivity contribution in [1.29, 1.82) is 0 Å². The lowest BCUT2D eigenvalue weighted by atomic mass is 10.0. The average molecular weight is 684 g/mol. The summed E-state index contributed by atoms with van der Waals surface area (Å²) in [6.45, 7) is 7.68. The number of carbonyl (C=O) groups is 1. The molecule has 49 heavy (non-hydrogen) atoms. The molecule has 0 aliphatic heterocycles. The molecular weight excluding hydrogens is 599 g/mol. The summed E-state index contributed by atoms with van der Waals surface area (Å²) in [4.78, 5) is 15.2. The number of allylic oxidation sites excluding steroid dienone is 8. The SMILES string of the molecule is CCCCCC=CCC=CCCCCCCCCC(CCCCCCCCC=CCC=CCCCCC)OC(=O)C(C)CCCCN(C)C. The van der Waals surface area contributed by atoms with Crippen LogP contribution in [0.5, 0.6) is 0 Å². The third kappa shape index (κ3) is 37.5. The quantitative estimate of drug-likeness (QED) is 0.0371. The first kappa shape index (κ1) is 47.4. The van der Waals surface area contributed by atoms with E-state index in [9.17, 15) is 4.79 Å². The second kappa shape index (κ2) is 39.2. The smallest absolute Gasteiger partial charge is 0.308 e. The monoisotopic (exact) mass is 684 g/mol. The van der Waals surface area contributed by atoms with Crippen molar-refractivity contribution in [3.05, 3.63) is 48.6 Å². The molecule has 0 aliphatic carbocycles. The van der Waals surface area contributed by atoms with Crippen molar-refractivity contribution in [1.82, 2.24) is 4.90 Å². The summed E-state index contributed by atoms with van der Waals surface area (Å²) in [5.41, 5.74) is 0. The van der Waals surface area contributed by atoms with Gasteiger partial charge in [-0.2, -0.15) is 0 Å². The van der Waals surface area contributed by atoms with Gasteiger partial charge in [0, 0.05) is 0 Å². The van der Waals surface area contributed by atoms with E-state index in [-0.39, 0.29) is 18.0 Å². The van der Waals surface area contributed by atoms with Gasteiger partial charge < -0.3 is 9.64 Å². The molecule has 0 amide bonds. The van der Waals surface area contributed by atoms with E-state index < -0.39 is 0 Å². The maximum absolute atomic E-state index is 13.0. The molecule has 1 atom stereocenters. The van der Waals surface area contributed by atoms with E-state index in [2.05, 4.69) is 88.4 Å². The second-order valence-electron chi connectivity index (χ2n) is 15.0. The largest absolute Gasteiger partial charge is 0.462 e. The highest BCUT2D eigenvalue weighted by molar-refractivity contribution is 5.72. The Balaban J connectivity index is 4.21. The van der Waals surface area contributed by atoms with E-state index in [1.165, 1.54) is 141 Å². The number of ether oxygens (including phenoxy) is 1. The summed E-state index contributed by atoms with van der Waals surface area (Å²) < 4.78 is 6.16. The van der Waals surface area contributed by atoms with Gasteiger partial charge in [0.15, 0.2) is 0 Å². The van der Waals surface area contributed by atoms with Crippen molar-refractivity contribution in [2.75, 3.05) is 20.6 Å². The molecule has 3 heteroatoms. The fourth-order valence-electron chi connectivity index (χ4n) is 6.26. The lowest BCUT2D eigenvalue weighted by Crippen LogP contribution is -2.23. The highest BCUT2D eigenvalue weighted by atomic mass is 16.5. The van der Waals surface area contributed by atoms with Crippen molar-refractivity contribution in [2.45, 2.75) is 213 Å². The zero-order valence-corrected chi connectivity index (χ0v) is 33.8. The molecule has 0 aromatic carbocycles. The molecule has 286 valence electrons. The number of carbonyl (C=O) groups excluding carboxylic acids is 1. The maximum atomic E-state index is 13.0. The highest BCUT2D eigenvalue weighted by Gasteiger charge is 2.19. The summed E-state index contributed by atoms with van der Waals surface area (Å²) in [7, 11) is 4.23. The normalized spacial score (nSPS) is 13.6. The Morgan fingerprint density at radius 1 is 0.490 bits per heavy atom. The summed E-state index contributed by atoms with van der Waals surface area (Å²) in [6.07, 6.45) is 54.5. The molecule has 0 heterocycles. The highest BCUT2D eigenvalue weighted by Crippen LogP contribution is 2.20. The van der Waals surface area contributed by atoms with Crippen LogP contribution in [0.1, 0.15) is 207 Å². The van der Waals surface area contributed by atoms with E-state index in [1.807, 2.05) is 0 Å². The molecular formula is C46H85NO2. The van der Waals surface area contributed by atoms with Crippen LogP contribution in [0.4, 0.5) is 0 Å². The van der Waals surface area contributed by atoms with Gasteiger partial charge in [0.2, 0.25) is 0 Å². The van der Waals surface area contributed by atoms with Gasteiger partial charge >= 0.3 is 5.97 Å². The number of esters is 1. The Hall–Kier alpha value is -1.61. The van der Waals surface area contributed by atoms with Crippen molar-refractivity contribution in [3.63, 3.8) is 0 Å². The summed E-state index contributed by atoms with van der Waals surface area (Å²) in [5, 5.41) is 0. The predicted molar refractivity (Wildman–Crippen MR) is 219 cm³/mol. The van der Waals surface area contributed by atoms with E-state index in [1.54, 1.807) is 0 Å². The van der Waals surface area contributed by atoms with Crippen LogP contribution in [0.25, 0.3) is 0 Å². The minimum Gasteiger partial charge on any atom is -0.462 e. The molecule has 0 N–H and O–H groups in total. The topological polar surface area (TPSA) is 29.5 Å². The Kier molecular flexibility index (Phi) is 37.9. The van der Waals surface area contributed by atoms with Gasteiger partial charge in [0.25, 0.3) is 0 Å². The fraction of sp³-hybridized carbons (Fsp3) is 0.804.